The van der Waals surface area contributed by atoms with Crippen molar-refractivity contribution >= 4 is 39.6 Å². The Hall–Kier alpha value is -3.60. The maximum Gasteiger partial charge on any atom is 0.416 e. The molecule has 0 radical (unpaired) electrons. The Labute approximate surface area is 201 Å². The average molecular weight is 534 g/mol. The summed E-state index contributed by atoms with van der Waals surface area (Å²) in [6, 6.07) is 10.3. The zero-order chi connectivity index (χ0) is 24.3. The summed E-state index contributed by atoms with van der Waals surface area (Å²) in [5, 5.41) is 18.4. The molecular weight excluding hydrogens is 515 g/mol. The molecule has 1 atom stereocenters. The number of anilines is 1. The molecular formula is C23H19BrF3N5O2. The lowest BCUT2D eigenvalue weighted by Gasteiger charge is -2.22. The number of hydrogen-bond donors (Lipinski definition) is 4. The first kappa shape index (κ1) is 23.6. The van der Waals surface area contributed by atoms with Crippen LogP contribution >= 0.6 is 15.9 Å². The fraction of sp³-hybridized carbons (Fsp3) is 0.174. The van der Waals surface area contributed by atoms with Gasteiger partial charge in [0.25, 0.3) is 0 Å². The first-order valence-electron chi connectivity index (χ1n) is 10.2. The number of carbonyl (C=O) groups excluding carboxylic acids is 1. The summed E-state index contributed by atoms with van der Waals surface area (Å²) < 4.78 is 39.2. The standard InChI is InChI=1S/C23H19BrF3N5O2/c24-16-12-30-21-18(11-17(32-20(16)21)15-6-1-2-7-19(15)33)28-8-9-29-22(34)31-14-5-3-4-13(10-14)23(25,26)27/h1-7,10-12,21,28,33H,8-9H2,(H2,29,31,34). The van der Waals surface area contributed by atoms with Crippen molar-refractivity contribution in [3.63, 3.8) is 0 Å². The van der Waals surface area contributed by atoms with E-state index in [-0.39, 0.29) is 24.0 Å². The largest absolute Gasteiger partial charge is 0.507 e. The van der Waals surface area contributed by atoms with Gasteiger partial charge in [-0.1, -0.05) is 18.2 Å². The second kappa shape index (κ2) is 9.72. The first-order valence-corrected chi connectivity index (χ1v) is 11.0. The third-order valence-corrected chi connectivity index (χ3v) is 5.65. The third kappa shape index (κ3) is 5.30. The van der Waals surface area contributed by atoms with Gasteiger partial charge in [-0.15, -0.1) is 0 Å². The van der Waals surface area contributed by atoms with Crippen LogP contribution < -0.4 is 16.0 Å². The van der Waals surface area contributed by atoms with E-state index in [9.17, 15) is 23.1 Å². The van der Waals surface area contributed by atoms with E-state index in [1.807, 2.05) is 0 Å². The molecule has 1 unspecified atom stereocenters. The van der Waals surface area contributed by atoms with Gasteiger partial charge in [0.05, 0.1) is 21.5 Å². The Morgan fingerprint density at radius 1 is 1.12 bits per heavy atom. The molecule has 2 heterocycles. The molecule has 4 rings (SSSR count). The van der Waals surface area contributed by atoms with Gasteiger partial charge in [-0.2, -0.15) is 13.2 Å². The fourth-order valence-electron chi connectivity index (χ4n) is 3.45. The summed E-state index contributed by atoms with van der Waals surface area (Å²) in [5.74, 6) is 0.0962. The number of nitrogens with one attached hydrogen (secondary N) is 3. The van der Waals surface area contributed by atoms with Crippen LogP contribution in [0.2, 0.25) is 0 Å². The third-order valence-electron chi connectivity index (χ3n) is 5.04. The SMILES string of the molecule is O=C(NCCNC1=CC(c2ccccc2O)=NC2=C(Br)C=NC12)Nc1cccc(C(F)(F)F)c1. The molecule has 0 aromatic heterocycles. The van der Waals surface area contributed by atoms with Crippen LogP contribution in [0.4, 0.5) is 23.7 Å². The molecule has 7 nitrogen and oxygen atoms in total. The number of amides is 2. The number of allylic oxidation sites excluding steroid dienone is 2. The number of phenolic OH excluding ortho intramolecular Hbond substituents is 1. The molecule has 0 spiro atoms. The summed E-state index contributed by atoms with van der Waals surface area (Å²) in [5.41, 5.74) is 1.75. The molecule has 176 valence electrons. The second-order valence-electron chi connectivity index (χ2n) is 7.41. The smallest absolute Gasteiger partial charge is 0.416 e. The summed E-state index contributed by atoms with van der Waals surface area (Å²) >= 11 is 3.45. The van der Waals surface area contributed by atoms with Crippen LogP contribution in [-0.4, -0.2) is 42.2 Å². The minimum Gasteiger partial charge on any atom is -0.507 e. The number of urea groups is 1. The Bertz CT molecular complexity index is 1240. The number of hydrogen-bond acceptors (Lipinski definition) is 5. The summed E-state index contributed by atoms with van der Waals surface area (Å²) in [4.78, 5) is 21.1. The van der Waals surface area contributed by atoms with Crippen LogP contribution in [0.25, 0.3) is 0 Å². The van der Waals surface area contributed by atoms with Crippen molar-refractivity contribution in [3.05, 3.63) is 81.6 Å². The van der Waals surface area contributed by atoms with Gasteiger partial charge < -0.3 is 21.1 Å². The highest BCUT2D eigenvalue weighted by Gasteiger charge is 2.31. The van der Waals surface area contributed by atoms with Crippen LogP contribution in [0.5, 0.6) is 5.75 Å². The Morgan fingerprint density at radius 2 is 1.91 bits per heavy atom. The van der Waals surface area contributed by atoms with Gasteiger partial charge in [-0.05, 0) is 52.3 Å². The van der Waals surface area contributed by atoms with Crippen molar-refractivity contribution in [2.24, 2.45) is 9.98 Å². The van der Waals surface area contributed by atoms with Crippen LogP contribution in [0.1, 0.15) is 11.1 Å². The molecule has 0 fully saturated rings. The van der Waals surface area contributed by atoms with Crippen molar-refractivity contribution in [1.82, 2.24) is 10.6 Å². The zero-order valence-corrected chi connectivity index (χ0v) is 19.1. The molecule has 0 saturated carbocycles. The zero-order valence-electron chi connectivity index (χ0n) is 17.5. The van der Waals surface area contributed by atoms with Gasteiger partial charge >= 0.3 is 12.2 Å². The van der Waals surface area contributed by atoms with Gasteiger partial charge in [0.2, 0.25) is 0 Å². The quantitative estimate of drug-likeness (QED) is 0.409. The van der Waals surface area contributed by atoms with Gasteiger partial charge in [0, 0.05) is 36.3 Å². The van der Waals surface area contributed by atoms with Crippen LogP contribution in [0, 0.1) is 0 Å². The first-order chi connectivity index (χ1) is 16.2. The fourth-order valence-corrected chi connectivity index (χ4v) is 3.87. The lowest BCUT2D eigenvalue weighted by atomic mass is 10.0. The molecule has 0 aliphatic carbocycles. The van der Waals surface area contributed by atoms with Crippen molar-refractivity contribution in [2.45, 2.75) is 12.2 Å². The molecule has 2 aliphatic heterocycles. The monoisotopic (exact) mass is 533 g/mol. The van der Waals surface area contributed by atoms with Crippen LogP contribution in [-0.2, 0) is 6.18 Å². The number of para-hydroxylation sites is 1. The van der Waals surface area contributed by atoms with Crippen LogP contribution in [0.15, 0.2) is 80.5 Å². The molecule has 4 N–H and O–H groups in total. The highest BCUT2D eigenvalue weighted by atomic mass is 79.9. The van der Waals surface area contributed by atoms with Crippen molar-refractivity contribution in [2.75, 3.05) is 18.4 Å². The maximum absolute atomic E-state index is 12.8. The number of fused-ring (bicyclic) bond motifs is 1. The number of phenols is 1. The number of nitrogens with zero attached hydrogens (tertiary/aromatic N) is 2. The molecule has 0 saturated heterocycles. The number of aliphatic imine (C=N–C) groups is 2. The van der Waals surface area contributed by atoms with Crippen LogP contribution in [0.3, 0.4) is 0 Å². The number of alkyl halides is 3. The van der Waals surface area contributed by atoms with Gasteiger partial charge in [-0.25, -0.2) is 9.79 Å². The van der Waals surface area contributed by atoms with E-state index in [0.29, 0.717) is 23.5 Å². The Kier molecular flexibility index (Phi) is 6.73. The molecule has 2 aromatic rings. The average Bonchev–Trinajstić information content (AvgIpc) is 3.17. The molecule has 2 aliphatic rings. The predicted octanol–water partition coefficient (Wildman–Crippen LogP) is 4.57. The minimum absolute atomic E-state index is 0.0405. The number of benzene rings is 2. The van der Waals surface area contributed by atoms with Crippen molar-refractivity contribution in [3.8, 4) is 5.75 Å². The normalized spacial score (nSPS) is 17.1. The molecule has 2 aromatic carbocycles. The van der Waals surface area contributed by atoms with E-state index in [2.05, 4.69) is 41.9 Å². The van der Waals surface area contributed by atoms with Crippen molar-refractivity contribution in [1.29, 1.82) is 0 Å². The number of dihydropyridines is 1. The lowest BCUT2D eigenvalue weighted by molar-refractivity contribution is -0.137. The summed E-state index contributed by atoms with van der Waals surface area (Å²) in [6.45, 7) is 0.522. The van der Waals surface area contributed by atoms with E-state index in [4.69, 9.17) is 0 Å². The lowest BCUT2D eigenvalue weighted by Crippen LogP contribution is -2.36. The predicted molar refractivity (Wildman–Crippen MR) is 127 cm³/mol. The molecule has 2 amide bonds. The number of halogens is 4. The number of rotatable bonds is 6. The van der Waals surface area contributed by atoms with E-state index in [1.165, 1.54) is 12.1 Å². The number of aromatic hydroxyl groups is 1. The minimum atomic E-state index is -4.49. The molecule has 34 heavy (non-hydrogen) atoms. The maximum atomic E-state index is 12.8. The van der Waals surface area contributed by atoms with E-state index < -0.39 is 17.8 Å². The van der Waals surface area contributed by atoms with Gasteiger partial charge in [0.1, 0.15) is 11.8 Å². The van der Waals surface area contributed by atoms with E-state index in [1.54, 1.807) is 36.6 Å². The second-order valence-corrected chi connectivity index (χ2v) is 8.27. The Balaban J connectivity index is 1.37. The van der Waals surface area contributed by atoms with Crippen molar-refractivity contribution < 1.29 is 23.1 Å². The highest BCUT2D eigenvalue weighted by molar-refractivity contribution is 9.12. The summed E-state index contributed by atoms with van der Waals surface area (Å²) in [6.07, 6.45) is -1.04. The van der Waals surface area contributed by atoms with E-state index in [0.717, 1.165) is 22.3 Å². The highest BCUT2D eigenvalue weighted by Crippen LogP contribution is 2.33. The topological polar surface area (TPSA) is 98.1 Å². The number of carbonyl (C=O) groups is 1. The molecule has 0 bridgehead atoms. The molecule has 11 heteroatoms. The summed E-state index contributed by atoms with van der Waals surface area (Å²) in [7, 11) is 0. The van der Waals surface area contributed by atoms with E-state index >= 15 is 0 Å². The van der Waals surface area contributed by atoms with Gasteiger partial charge in [0.15, 0.2) is 0 Å². The van der Waals surface area contributed by atoms with Gasteiger partial charge in [-0.3, -0.25) is 4.99 Å². The Morgan fingerprint density at radius 3 is 2.68 bits per heavy atom.